The van der Waals surface area contributed by atoms with E-state index in [1.165, 1.54) is 0 Å². The average Bonchev–Trinajstić information content (AvgIpc) is 3.24. The smallest absolute Gasteiger partial charge is 0.237 e. The summed E-state index contributed by atoms with van der Waals surface area (Å²) < 4.78 is 10.7. The number of nitrogens with zero attached hydrogens (tertiary/aromatic N) is 2. The molecule has 2 N–H and O–H groups in total. The third kappa shape index (κ3) is 5.95. The molecule has 2 amide bonds. The molecular formula is C22H30N4O4S. The van der Waals surface area contributed by atoms with Crippen LogP contribution >= 0.6 is 11.3 Å². The number of amides is 2. The molecule has 0 bridgehead atoms. The van der Waals surface area contributed by atoms with Crippen molar-refractivity contribution >= 4 is 23.2 Å². The molecule has 1 aromatic heterocycles. The van der Waals surface area contributed by atoms with Gasteiger partial charge in [-0.3, -0.25) is 14.5 Å². The molecule has 1 saturated heterocycles. The monoisotopic (exact) mass is 446 g/mol. The second-order valence-electron chi connectivity index (χ2n) is 7.77. The van der Waals surface area contributed by atoms with E-state index in [1.807, 2.05) is 28.5 Å². The van der Waals surface area contributed by atoms with Crippen LogP contribution in [0.25, 0.3) is 0 Å². The Morgan fingerprint density at radius 2 is 2.16 bits per heavy atom. The molecule has 0 radical (unpaired) electrons. The summed E-state index contributed by atoms with van der Waals surface area (Å²) in [7, 11) is 3.21. The van der Waals surface area contributed by atoms with Crippen molar-refractivity contribution < 1.29 is 19.1 Å². The molecule has 9 heteroatoms. The van der Waals surface area contributed by atoms with Gasteiger partial charge in [-0.15, -0.1) is 11.3 Å². The second-order valence-corrected chi connectivity index (χ2v) is 8.66. The highest BCUT2D eigenvalue weighted by Crippen LogP contribution is 2.27. The zero-order valence-corrected chi connectivity index (χ0v) is 19.3. The molecule has 1 atom stereocenters. The molecule has 0 saturated carbocycles. The first-order chi connectivity index (χ1) is 14.9. The minimum absolute atomic E-state index is 0.0888. The van der Waals surface area contributed by atoms with Gasteiger partial charge >= 0.3 is 0 Å². The van der Waals surface area contributed by atoms with E-state index in [4.69, 9.17) is 9.47 Å². The Morgan fingerprint density at radius 3 is 2.84 bits per heavy atom. The van der Waals surface area contributed by atoms with Gasteiger partial charge in [-0.05, 0) is 6.07 Å². The summed E-state index contributed by atoms with van der Waals surface area (Å²) in [6.07, 6.45) is 0.0888. The van der Waals surface area contributed by atoms with E-state index in [-0.39, 0.29) is 18.2 Å². The van der Waals surface area contributed by atoms with E-state index in [0.29, 0.717) is 43.6 Å². The van der Waals surface area contributed by atoms with Crippen LogP contribution in [0.15, 0.2) is 23.6 Å². The highest BCUT2D eigenvalue weighted by atomic mass is 32.1. The molecule has 2 aromatic rings. The Hall–Kier alpha value is -2.65. The van der Waals surface area contributed by atoms with Gasteiger partial charge in [0, 0.05) is 42.6 Å². The van der Waals surface area contributed by atoms with Crippen molar-refractivity contribution in [2.24, 2.45) is 0 Å². The van der Waals surface area contributed by atoms with E-state index >= 15 is 0 Å². The number of benzene rings is 1. The SMILES string of the molecule is COc1ccc(CN2CCNC(=O)[C@@H]2CC(=O)NCc2csc(C(C)C)n2)c(OC)c1. The first-order valence-electron chi connectivity index (χ1n) is 10.3. The van der Waals surface area contributed by atoms with E-state index in [0.717, 1.165) is 16.3 Å². The summed E-state index contributed by atoms with van der Waals surface area (Å²) in [5.74, 6) is 1.45. The molecule has 1 aliphatic heterocycles. The van der Waals surface area contributed by atoms with Gasteiger partial charge in [-0.1, -0.05) is 19.9 Å². The minimum atomic E-state index is -0.540. The van der Waals surface area contributed by atoms with Gasteiger partial charge in [-0.2, -0.15) is 0 Å². The van der Waals surface area contributed by atoms with Crippen molar-refractivity contribution in [3.8, 4) is 11.5 Å². The largest absolute Gasteiger partial charge is 0.497 e. The van der Waals surface area contributed by atoms with Gasteiger partial charge in [0.1, 0.15) is 11.5 Å². The van der Waals surface area contributed by atoms with Crippen molar-refractivity contribution in [1.29, 1.82) is 0 Å². The lowest BCUT2D eigenvalue weighted by molar-refractivity contribution is -0.134. The lowest BCUT2D eigenvalue weighted by Crippen LogP contribution is -2.56. The van der Waals surface area contributed by atoms with Crippen LogP contribution in [0.3, 0.4) is 0 Å². The summed E-state index contributed by atoms with van der Waals surface area (Å²) in [5, 5.41) is 8.78. The molecular weight excluding hydrogens is 416 g/mol. The molecule has 3 rings (SSSR count). The van der Waals surface area contributed by atoms with Gasteiger partial charge in [-0.25, -0.2) is 4.98 Å². The molecule has 0 aliphatic carbocycles. The Kier molecular flexibility index (Phi) is 7.86. The Balaban J connectivity index is 1.63. The van der Waals surface area contributed by atoms with Crippen molar-refractivity contribution in [3.63, 3.8) is 0 Å². The molecule has 31 heavy (non-hydrogen) atoms. The summed E-state index contributed by atoms with van der Waals surface area (Å²) in [5.41, 5.74) is 1.78. The first-order valence-corrected chi connectivity index (χ1v) is 11.2. The first kappa shape index (κ1) is 23.0. The Bertz CT molecular complexity index is 915. The van der Waals surface area contributed by atoms with Gasteiger partial charge in [0.15, 0.2) is 0 Å². The molecule has 168 valence electrons. The van der Waals surface area contributed by atoms with Crippen molar-refractivity contribution in [2.45, 2.75) is 45.3 Å². The number of hydrogen-bond acceptors (Lipinski definition) is 7. The maximum Gasteiger partial charge on any atom is 0.237 e. The normalized spacial score (nSPS) is 16.8. The Morgan fingerprint density at radius 1 is 1.35 bits per heavy atom. The number of nitrogens with one attached hydrogen (secondary N) is 2. The summed E-state index contributed by atoms with van der Waals surface area (Å²) >= 11 is 1.60. The third-order valence-electron chi connectivity index (χ3n) is 5.22. The van der Waals surface area contributed by atoms with Gasteiger partial charge < -0.3 is 20.1 Å². The highest BCUT2D eigenvalue weighted by Gasteiger charge is 2.32. The summed E-state index contributed by atoms with van der Waals surface area (Å²) in [6, 6.07) is 5.07. The van der Waals surface area contributed by atoms with Gasteiger partial charge in [0.2, 0.25) is 11.8 Å². The van der Waals surface area contributed by atoms with Crippen LogP contribution in [0, 0.1) is 0 Å². The van der Waals surface area contributed by atoms with Crippen molar-refractivity contribution in [2.75, 3.05) is 27.3 Å². The minimum Gasteiger partial charge on any atom is -0.497 e. The van der Waals surface area contributed by atoms with E-state index in [1.54, 1.807) is 25.6 Å². The molecule has 1 fully saturated rings. The molecule has 0 spiro atoms. The fraction of sp³-hybridized carbons (Fsp3) is 0.500. The van der Waals surface area contributed by atoms with Crippen LogP contribution < -0.4 is 20.1 Å². The number of carbonyl (C=O) groups excluding carboxylic acids is 2. The van der Waals surface area contributed by atoms with Gasteiger partial charge in [0.05, 0.1) is 43.9 Å². The predicted octanol–water partition coefficient (Wildman–Crippen LogP) is 2.29. The zero-order valence-electron chi connectivity index (χ0n) is 18.4. The third-order valence-corrected chi connectivity index (χ3v) is 6.41. The predicted molar refractivity (Wildman–Crippen MR) is 119 cm³/mol. The van der Waals surface area contributed by atoms with Crippen LogP contribution in [0.5, 0.6) is 11.5 Å². The summed E-state index contributed by atoms with van der Waals surface area (Å²) in [6.45, 7) is 6.25. The lowest BCUT2D eigenvalue weighted by Gasteiger charge is -2.35. The molecule has 2 heterocycles. The fourth-order valence-electron chi connectivity index (χ4n) is 3.48. The topological polar surface area (TPSA) is 92.8 Å². The molecule has 8 nitrogen and oxygen atoms in total. The Labute approximate surface area is 186 Å². The maximum atomic E-state index is 12.6. The number of piperazine rings is 1. The van der Waals surface area contributed by atoms with E-state index < -0.39 is 6.04 Å². The number of thiazole rings is 1. The van der Waals surface area contributed by atoms with Crippen molar-refractivity contribution in [3.05, 3.63) is 39.8 Å². The van der Waals surface area contributed by atoms with Crippen LogP contribution in [0.4, 0.5) is 0 Å². The number of ether oxygens (including phenoxy) is 2. The number of carbonyl (C=O) groups is 2. The quantitative estimate of drug-likeness (QED) is 0.614. The fourth-order valence-corrected chi connectivity index (χ4v) is 4.32. The zero-order chi connectivity index (χ0) is 22.4. The van der Waals surface area contributed by atoms with Crippen LogP contribution in [-0.4, -0.2) is 55.0 Å². The molecule has 1 aliphatic rings. The second kappa shape index (κ2) is 10.6. The van der Waals surface area contributed by atoms with Crippen molar-refractivity contribution in [1.82, 2.24) is 20.5 Å². The molecule has 0 unspecified atom stereocenters. The van der Waals surface area contributed by atoms with E-state index in [2.05, 4.69) is 29.5 Å². The van der Waals surface area contributed by atoms with E-state index in [9.17, 15) is 9.59 Å². The lowest BCUT2D eigenvalue weighted by atomic mass is 10.1. The van der Waals surface area contributed by atoms with Crippen LogP contribution in [0.2, 0.25) is 0 Å². The van der Waals surface area contributed by atoms with Crippen LogP contribution in [0.1, 0.15) is 42.5 Å². The maximum absolute atomic E-state index is 12.6. The highest BCUT2D eigenvalue weighted by molar-refractivity contribution is 7.09. The molecule has 1 aromatic carbocycles. The number of rotatable bonds is 9. The average molecular weight is 447 g/mol. The van der Waals surface area contributed by atoms with Gasteiger partial charge in [0.25, 0.3) is 0 Å². The number of hydrogen-bond donors (Lipinski definition) is 2. The summed E-state index contributed by atoms with van der Waals surface area (Å²) in [4.78, 5) is 31.7. The number of aromatic nitrogens is 1. The number of methoxy groups -OCH3 is 2. The standard InChI is InChI=1S/C22H30N4O4S/c1-14(2)22-25-16(13-31-22)11-24-20(27)10-18-21(28)23-7-8-26(18)12-15-5-6-17(29-3)9-19(15)30-4/h5-6,9,13-14,18H,7-8,10-12H2,1-4H3,(H,23,28)(H,24,27)/t18-/m0/s1. The van der Waals surface area contributed by atoms with Crippen LogP contribution in [-0.2, 0) is 22.7 Å².